The molecule has 0 spiro atoms. The maximum atomic E-state index is 9.50. The molecule has 4 aromatic rings. The number of hydrogen-bond acceptors (Lipinski definition) is 3. The molecule has 0 aliphatic carbocycles. The number of hydrogen-bond donors (Lipinski definition) is 1. The van der Waals surface area contributed by atoms with Crippen molar-refractivity contribution in [3.8, 4) is 28.3 Å². The van der Waals surface area contributed by atoms with E-state index in [4.69, 9.17) is 0 Å². The number of phenolic OH excluding ortho intramolecular Hbond substituents is 1. The van der Waals surface area contributed by atoms with Gasteiger partial charge < -0.3 is 5.11 Å². The van der Waals surface area contributed by atoms with Gasteiger partial charge in [0, 0.05) is 18.2 Å². The van der Waals surface area contributed by atoms with Gasteiger partial charge in [-0.05, 0) is 35.0 Å². The average Bonchev–Trinajstić information content (AvgIpc) is 2.96. The summed E-state index contributed by atoms with van der Waals surface area (Å²) >= 11 is 0. The van der Waals surface area contributed by atoms with Crippen LogP contribution in [-0.4, -0.2) is 20.1 Å². The van der Waals surface area contributed by atoms with Gasteiger partial charge in [-0.15, -0.1) is 0 Å². The van der Waals surface area contributed by atoms with E-state index in [-0.39, 0.29) is 5.75 Å². The van der Waals surface area contributed by atoms with E-state index >= 15 is 0 Å². The zero-order chi connectivity index (χ0) is 15.8. The topological polar surface area (TPSA) is 50.9 Å². The summed E-state index contributed by atoms with van der Waals surface area (Å²) < 4.78 is 0. The van der Waals surface area contributed by atoms with Crippen molar-refractivity contribution in [2.45, 2.75) is 0 Å². The van der Waals surface area contributed by atoms with Gasteiger partial charge in [-0.2, -0.15) is 15.0 Å². The molecule has 4 heteroatoms. The van der Waals surface area contributed by atoms with E-state index in [1.54, 1.807) is 16.9 Å². The summed E-state index contributed by atoms with van der Waals surface area (Å²) in [6, 6.07) is 21.5. The predicted molar refractivity (Wildman–Crippen MR) is 91.0 cm³/mol. The Balaban J connectivity index is 1.97. The van der Waals surface area contributed by atoms with Crippen molar-refractivity contribution in [3.05, 3.63) is 66.7 Å². The van der Waals surface area contributed by atoms with Crippen LogP contribution in [0.25, 0.3) is 33.3 Å². The van der Waals surface area contributed by atoms with Gasteiger partial charge in [0.05, 0.1) is 0 Å². The van der Waals surface area contributed by atoms with Crippen molar-refractivity contribution in [2.24, 2.45) is 7.05 Å². The summed E-state index contributed by atoms with van der Waals surface area (Å²) in [4.78, 5) is 1.58. The Labute approximate surface area is 133 Å². The Morgan fingerprint density at radius 1 is 0.783 bits per heavy atom. The van der Waals surface area contributed by atoms with E-state index in [0.29, 0.717) is 0 Å². The molecule has 0 saturated carbocycles. The van der Waals surface area contributed by atoms with Crippen molar-refractivity contribution >= 4 is 10.8 Å². The van der Waals surface area contributed by atoms with E-state index in [9.17, 15) is 5.11 Å². The average molecular weight is 301 g/mol. The van der Waals surface area contributed by atoms with Gasteiger partial charge in [0.25, 0.3) is 0 Å². The second-order valence-corrected chi connectivity index (χ2v) is 5.46. The highest BCUT2D eigenvalue weighted by atomic mass is 16.3. The number of benzene rings is 3. The Morgan fingerprint density at radius 2 is 1.48 bits per heavy atom. The Morgan fingerprint density at radius 3 is 2.30 bits per heavy atom. The molecular formula is C19H15N3O. The normalized spacial score (nSPS) is 11.0. The monoisotopic (exact) mass is 301 g/mol. The van der Waals surface area contributed by atoms with Crippen LogP contribution in [0.3, 0.4) is 0 Å². The quantitative estimate of drug-likeness (QED) is 0.608. The Hall–Kier alpha value is -3.14. The van der Waals surface area contributed by atoms with Crippen LogP contribution in [0.1, 0.15) is 0 Å². The third-order valence-corrected chi connectivity index (χ3v) is 3.90. The fourth-order valence-corrected chi connectivity index (χ4v) is 2.83. The second kappa shape index (κ2) is 5.25. The van der Waals surface area contributed by atoms with E-state index < -0.39 is 0 Å². The molecule has 0 radical (unpaired) electrons. The summed E-state index contributed by atoms with van der Waals surface area (Å²) in [5.74, 6) is 0.240. The third-order valence-electron chi connectivity index (χ3n) is 3.90. The van der Waals surface area contributed by atoms with Gasteiger partial charge >= 0.3 is 0 Å². The van der Waals surface area contributed by atoms with Gasteiger partial charge in [-0.25, -0.2) is 0 Å². The summed E-state index contributed by atoms with van der Waals surface area (Å²) in [5, 5.41) is 20.9. The molecule has 0 bridgehead atoms. The molecule has 23 heavy (non-hydrogen) atoms. The highest BCUT2D eigenvalue weighted by Crippen LogP contribution is 2.33. The van der Waals surface area contributed by atoms with Crippen LogP contribution < -0.4 is 0 Å². The summed E-state index contributed by atoms with van der Waals surface area (Å²) in [5.41, 5.74) is 3.64. The molecule has 4 rings (SSSR count). The molecular weight excluding hydrogens is 286 g/mol. The Kier molecular flexibility index (Phi) is 3.08. The van der Waals surface area contributed by atoms with Crippen LogP contribution >= 0.6 is 0 Å². The molecule has 0 atom stereocenters. The lowest BCUT2D eigenvalue weighted by atomic mass is 9.99. The van der Waals surface area contributed by atoms with Crippen LogP contribution in [0.4, 0.5) is 0 Å². The number of fused-ring (bicyclic) bond motifs is 1. The number of phenols is 1. The number of rotatable bonds is 2. The lowest BCUT2D eigenvalue weighted by Gasteiger charge is -2.06. The largest absolute Gasteiger partial charge is 0.508 e. The van der Waals surface area contributed by atoms with Crippen LogP contribution in [0.5, 0.6) is 5.75 Å². The van der Waals surface area contributed by atoms with E-state index in [2.05, 4.69) is 34.5 Å². The first kappa shape index (κ1) is 13.5. The lowest BCUT2D eigenvalue weighted by Crippen LogP contribution is -1.92. The highest BCUT2D eigenvalue weighted by molar-refractivity contribution is 5.98. The van der Waals surface area contributed by atoms with Crippen molar-refractivity contribution in [1.29, 1.82) is 0 Å². The van der Waals surface area contributed by atoms with Crippen LogP contribution in [0, 0.1) is 0 Å². The van der Waals surface area contributed by atoms with Gasteiger partial charge in [-0.3, -0.25) is 0 Å². The van der Waals surface area contributed by atoms with Gasteiger partial charge in [0.15, 0.2) is 0 Å². The molecule has 0 unspecified atom stereocenters. The number of aromatic nitrogens is 3. The predicted octanol–water partition coefficient (Wildman–Crippen LogP) is 4.01. The molecule has 0 aliphatic rings. The third kappa shape index (κ3) is 2.34. The molecule has 1 N–H and O–H groups in total. The van der Waals surface area contributed by atoms with Crippen molar-refractivity contribution in [3.63, 3.8) is 0 Å². The standard InChI is InChI=1S/C19H15N3O/c1-22-20-18(14-9-11-15(23)12-10-14)19(21-22)17-8-4-6-13-5-2-3-7-16(13)17/h2-12,23H,1H3. The van der Waals surface area contributed by atoms with E-state index in [1.807, 2.05) is 37.4 Å². The highest BCUT2D eigenvalue weighted by Gasteiger charge is 2.16. The van der Waals surface area contributed by atoms with Gasteiger partial charge in [-0.1, -0.05) is 42.5 Å². The first-order chi connectivity index (χ1) is 11.2. The second-order valence-electron chi connectivity index (χ2n) is 5.46. The number of aryl methyl sites for hydroxylation is 1. The van der Waals surface area contributed by atoms with Crippen molar-refractivity contribution in [1.82, 2.24) is 15.0 Å². The molecule has 112 valence electrons. The van der Waals surface area contributed by atoms with Crippen molar-refractivity contribution in [2.75, 3.05) is 0 Å². The number of aromatic hydroxyl groups is 1. The molecule has 0 saturated heterocycles. The van der Waals surface area contributed by atoms with Gasteiger partial charge in [0.1, 0.15) is 17.1 Å². The molecule has 0 fully saturated rings. The maximum Gasteiger partial charge on any atom is 0.121 e. The fraction of sp³-hybridized carbons (Fsp3) is 0.0526. The van der Waals surface area contributed by atoms with E-state index in [1.165, 1.54) is 5.39 Å². The molecule has 1 heterocycles. The minimum Gasteiger partial charge on any atom is -0.508 e. The molecule has 0 aliphatic heterocycles. The lowest BCUT2D eigenvalue weighted by molar-refractivity contribution is 0.475. The van der Waals surface area contributed by atoms with Gasteiger partial charge in [0.2, 0.25) is 0 Å². The number of nitrogens with zero attached hydrogens (tertiary/aromatic N) is 3. The minimum atomic E-state index is 0.240. The van der Waals surface area contributed by atoms with E-state index in [0.717, 1.165) is 27.9 Å². The first-order valence-corrected chi connectivity index (χ1v) is 7.41. The Bertz CT molecular complexity index is 982. The molecule has 1 aromatic heterocycles. The van der Waals surface area contributed by atoms with Crippen LogP contribution in [-0.2, 0) is 7.05 Å². The molecule has 3 aromatic carbocycles. The minimum absolute atomic E-state index is 0.240. The zero-order valence-electron chi connectivity index (χ0n) is 12.6. The fourth-order valence-electron chi connectivity index (χ4n) is 2.83. The van der Waals surface area contributed by atoms with Crippen molar-refractivity contribution < 1.29 is 5.11 Å². The SMILES string of the molecule is Cn1nc(-c2ccc(O)cc2)c(-c2cccc3ccccc23)n1. The molecule has 0 amide bonds. The first-order valence-electron chi connectivity index (χ1n) is 7.41. The zero-order valence-corrected chi connectivity index (χ0v) is 12.6. The smallest absolute Gasteiger partial charge is 0.121 e. The maximum absolute atomic E-state index is 9.50. The van der Waals surface area contributed by atoms with Crippen LogP contribution in [0.2, 0.25) is 0 Å². The van der Waals surface area contributed by atoms with Crippen LogP contribution in [0.15, 0.2) is 66.7 Å². The summed E-state index contributed by atoms with van der Waals surface area (Å²) in [6.45, 7) is 0. The summed E-state index contributed by atoms with van der Waals surface area (Å²) in [6.07, 6.45) is 0. The summed E-state index contributed by atoms with van der Waals surface area (Å²) in [7, 11) is 1.82. The molecule has 4 nitrogen and oxygen atoms in total.